The molecule has 0 saturated carbocycles. The van der Waals surface area contributed by atoms with Crippen LogP contribution in [0.25, 0.3) is 10.8 Å². The Hall–Kier alpha value is -4.40. The maximum absolute atomic E-state index is 13.7. The average molecular weight is 545 g/mol. The van der Waals surface area contributed by atoms with Crippen molar-refractivity contribution in [2.24, 2.45) is 0 Å². The van der Waals surface area contributed by atoms with Crippen LogP contribution >= 0.6 is 0 Å². The zero-order valence-electron chi connectivity index (χ0n) is 23.4. The second kappa shape index (κ2) is 11.8. The smallest absolute Gasteiger partial charge is 0.329 e. The van der Waals surface area contributed by atoms with E-state index in [0.717, 1.165) is 27.5 Å². The largest absolute Gasteiger partial charge is 0.480 e. The minimum Gasteiger partial charge on any atom is -0.480 e. The van der Waals surface area contributed by atoms with Crippen LogP contribution < -0.4 is 16.0 Å². The molecule has 210 valence electrons. The highest BCUT2D eigenvalue weighted by Crippen LogP contribution is 2.29. The van der Waals surface area contributed by atoms with Gasteiger partial charge in [-0.1, -0.05) is 48.9 Å². The number of fused-ring (bicyclic) bond motifs is 1. The Morgan fingerprint density at radius 3 is 2.08 bits per heavy atom. The van der Waals surface area contributed by atoms with Gasteiger partial charge >= 0.3 is 12.0 Å². The van der Waals surface area contributed by atoms with Crippen LogP contribution in [0.5, 0.6) is 0 Å². The molecule has 0 aromatic heterocycles. The molecule has 9 nitrogen and oxygen atoms in total. The molecule has 3 aromatic rings. The summed E-state index contributed by atoms with van der Waals surface area (Å²) in [6, 6.07) is 14.2. The van der Waals surface area contributed by atoms with E-state index in [1.165, 1.54) is 0 Å². The van der Waals surface area contributed by atoms with Crippen LogP contribution in [0.3, 0.4) is 0 Å². The number of hydrogen-bond donors (Lipinski definition) is 4. The van der Waals surface area contributed by atoms with Gasteiger partial charge in [0, 0.05) is 25.2 Å². The molecule has 0 aliphatic carbocycles. The van der Waals surface area contributed by atoms with Crippen molar-refractivity contribution in [2.45, 2.75) is 58.9 Å². The number of anilines is 2. The molecule has 4 amide bonds. The fraction of sp³-hybridized carbons (Fsp3) is 0.355. The lowest BCUT2D eigenvalue weighted by atomic mass is 9.86. The Labute approximate surface area is 233 Å². The second-order valence-corrected chi connectivity index (χ2v) is 10.6. The van der Waals surface area contributed by atoms with Crippen LogP contribution in [0, 0.1) is 20.8 Å². The van der Waals surface area contributed by atoms with E-state index in [-0.39, 0.29) is 43.1 Å². The Kier molecular flexibility index (Phi) is 8.42. The molecular formula is C31H36N4O5. The normalized spacial score (nSPS) is 14.4. The van der Waals surface area contributed by atoms with E-state index in [0.29, 0.717) is 18.5 Å². The van der Waals surface area contributed by atoms with Crippen molar-refractivity contribution in [3.63, 3.8) is 0 Å². The molecule has 40 heavy (non-hydrogen) atoms. The number of aliphatic carboxylic acids is 1. The zero-order valence-corrected chi connectivity index (χ0v) is 23.4. The summed E-state index contributed by atoms with van der Waals surface area (Å²) in [5.41, 5.74) is 2.48. The number of likely N-dealkylation sites (tertiary alicyclic amines) is 1. The van der Waals surface area contributed by atoms with Crippen LogP contribution in [0.1, 0.15) is 59.7 Å². The van der Waals surface area contributed by atoms with Gasteiger partial charge in [0.25, 0.3) is 5.91 Å². The summed E-state index contributed by atoms with van der Waals surface area (Å²) in [6.07, 6.45) is 1.30. The number of benzene rings is 3. The van der Waals surface area contributed by atoms with Crippen molar-refractivity contribution in [2.75, 3.05) is 23.7 Å². The first-order valence-corrected chi connectivity index (χ1v) is 13.6. The molecule has 1 aliphatic heterocycles. The van der Waals surface area contributed by atoms with E-state index < -0.39 is 23.4 Å². The number of rotatable bonds is 7. The van der Waals surface area contributed by atoms with Crippen molar-refractivity contribution in [1.82, 2.24) is 10.2 Å². The van der Waals surface area contributed by atoms with Crippen molar-refractivity contribution in [3.05, 3.63) is 70.8 Å². The summed E-state index contributed by atoms with van der Waals surface area (Å²) in [6.45, 7) is 8.22. The fourth-order valence-corrected chi connectivity index (χ4v) is 5.36. The number of carbonyl (C=O) groups is 4. The van der Waals surface area contributed by atoms with Gasteiger partial charge in [-0.15, -0.1) is 0 Å². The molecule has 4 N–H and O–H groups in total. The van der Waals surface area contributed by atoms with E-state index >= 15 is 0 Å². The molecular weight excluding hydrogens is 508 g/mol. The molecule has 1 aliphatic rings. The van der Waals surface area contributed by atoms with Gasteiger partial charge in [-0.3, -0.25) is 9.59 Å². The zero-order chi connectivity index (χ0) is 29.0. The topological polar surface area (TPSA) is 128 Å². The van der Waals surface area contributed by atoms with Crippen LogP contribution in [0.15, 0.2) is 48.5 Å². The maximum Gasteiger partial charge on any atom is 0.329 e. The summed E-state index contributed by atoms with van der Waals surface area (Å²) in [5.74, 6) is -1.78. The fourth-order valence-electron chi connectivity index (χ4n) is 5.36. The first-order valence-electron chi connectivity index (χ1n) is 13.6. The lowest BCUT2D eigenvalue weighted by Gasteiger charge is -2.39. The summed E-state index contributed by atoms with van der Waals surface area (Å²) < 4.78 is 0. The molecule has 0 spiro atoms. The number of piperidine rings is 1. The molecule has 1 saturated heterocycles. The number of urea groups is 1. The van der Waals surface area contributed by atoms with Gasteiger partial charge in [0.1, 0.15) is 5.54 Å². The van der Waals surface area contributed by atoms with Gasteiger partial charge in [0.2, 0.25) is 5.91 Å². The van der Waals surface area contributed by atoms with Crippen molar-refractivity contribution >= 4 is 46.0 Å². The SMILES string of the molecule is CCCC(=O)N1CCC(NC(=O)c2cc3ccccc3cc2NC(=O)Nc2c(C)cc(C)cc2C)(C(=O)O)CC1. The predicted molar refractivity (Wildman–Crippen MR) is 156 cm³/mol. The van der Waals surface area contributed by atoms with Crippen LogP contribution in [0.4, 0.5) is 16.2 Å². The van der Waals surface area contributed by atoms with Gasteiger partial charge in [0.05, 0.1) is 11.3 Å². The average Bonchev–Trinajstić information content (AvgIpc) is 2.90. The third kappa shape index (κ3) is 6.09. The first kappa shape index (κ1) is 28.6. The van der Waals surface area contributed by atoms with Crippen molar-refractivity contribution in [1.29, 1.82) is 0 Å². The Balaban J connectivity index is 1.61. The molecule has 3 aromatic carbocycles. The molecule has 9 heteroatoms. The second-order valence-electron chi connectivity index (χ2n) is 10.6. The van der Waals surface area contributed by atoms with Crippen molar-refractivity contribution < 1.29 is 24.3 Å². The number of carboxylic acid groups (broad SMARTS) is 1. The molecule has 1 fully saturated rings. The van der Waals surface area contributed by atoms with Crippen LogP contribution in [-0.4, -0.2) is 52.4 Å². The van der Waals surface area contributed by atoms with Crippen LogP contribution in [-0.2, 0) is 9.59 Å². The van der Waals surface area contributed by atoms with E-state index in [1.807, 2.05) is 64.1 Å². The number of amides is 4. The van der Waals surface area contributed by atoms with Gasteiger partial charge in [0.15, 0.2) is 0 Å². The summed E-state index contributed by atoms with van der Waals surface area (Å²) in [4.78, 5) is 53.2. The van der Waals surface area contributed by atoms with E-state index in [4.69, 9.17) is 0 Å². The quantitative estimate of drug-likeness (QED) is 0.317. The molecule has 0 unspecified atom stereocenters. The van der Waals surface area contributed by atoms with Gasteiger partial charge in [-0.05, 0) is 74.1 Å². The van der Waals surface area contributed by atoms with E-state index in [2.05, 4.69) is 16.0 Å². The van der Waals surface area contributed by atoms with E-state index in [9.17, 15) is 24.3 Å². The highest BCUT2D eigenvalue weighted by molar-refractivity contribution is 6.10. The standard InChI is InChI=1S/C31H36N4O5/c1-5-8-26(36)35-13-11-31(12-14-35,29(38)39)34-28(37)24-17-22-9-6-7-10-23(22)18-25(24)32-30(40)33-27-20(3)15-19(2)16-21(27)4/h6-7,9-10,15-18H,5,8,11-14H2,1-4H3,(H,34,37)(H,38,39)(H2,32,33,40). The Morgan fingerprint density at radius 2 is 1.50 bits per heavy atom. The van der Waals surface area contributed by atoms with Gasteiger partial charge in [-0.25, -0.2) is 9.59 Å². The first-order chi connectivity index (χ1) is 19.0. The summed E-state index contributed by atoms with van der Waals surface area (Å²) in [5, 5.41) is 20.2. The number of hydrogen-bond acceptors (Lipinski definition) is 4. The molecule has 4 rings (SSSR count). The lowest BCUT2D eigenvalue weighted by molar-refractivity contribution is -0.149. The summed E-state index contributed by atoms with van der Waals surface area (Å²) in [7, 11) is 0. The monoisotopic (exact) mass is 544 g/mol. The Bertz CT molecular complexity index is 1450. The Morgan fingerprint density at radius 1 is 0.900 bits per heavy atom. The lowest BCUT2D eigenvalue weighted by Crippen LogP contribution is -2.60. The highest BCUT2D eigenvalue weighted by atomic mass is 16.4. The molecule has 1 heterocycles. The predicted octanol–water partition coefficient (Wildman–Crippen LogP) is 5.38. The number of nitrogens with one attached hydrogen (secondary N) is 3. The van der Waals surface area contributed by atoms with E-state index in [1.54, 1.807) is 17.0 Å². The van der Waals surface area contributed by atoms with Gasteiger partial charge in [-0.2, -0.15) is 0 Å². The minimum atomic E-state index is -1.53. The number of carboxylic acids is 1. The molecule has 0 atom stereocenters. The molecule has 0 radical (unpaired) electrons. The van der Waals surface area contributed by atoms with Gasteiger partial charge < -0.3 is 26.0 Å². The minimum absolute atomic E-state index is 0.0149. The van der Waals surface area contributed by atoms with Crippen molar-refractivity contribution in [3.8, 4) is 0 Å². The highest BCUT2D eigenvalue weighted by Gasteiger charge is 2.44. The number of carbonyl (C=O) groups excluding carboxylic acids is 3. The van der Waals surface area contributed by atoms with Crippen LogP contribution in [0.2, 0.25) is 0 Å². The number of aryl methyl sites for hydroxylation is 3. The third-order valence-electron chi connectivity index (χ3n) is 7.49. The molecule has 0 bridgehead atoms. The number of nitrogens with zero attached hydrogens (tertiary/aromatic N) is 1. The third-order valence-corrected chi connectivity index (χ3v) is 7.49. The summed E-state index contributed by atoms with van der Waals surface area (Å²) >= 11 is 0. The maximum atomic E-state index is 13.7.